The molecule has 0 amide bonds. The number of hydrogen-bond donors (Lipinski definition) is 1. The molecule has 0 aromatic heterocycles. The first-order valence-corrected chi connectivity index (χ1v) is 7.46. The molecule has 2 aromatic rings. The maximum atomic E-state index is 12.8. The van der Waals surface area contributed by atoms with Crippen LogP contribution >= 0.6 is 11.6 Å². The van der Waals surface area contributed by atoms with Crippen LogP contribution in [0.5, 0.6) is 0 Å². The Labute approximate surface area is 124 Å². The highest BCUT2D eigenvalue weighted by Gasteiger charge is 2.34. The Bertz CT molecular complexity index is 788. The second-order valence-corrected chi connectivity index (χ2v) is 6.59. The maximum Gasteiger partial charge on any atom is 0.418 e. The predicted octanol–water partition coefficient (Wildman–Crippen LogP) is 3.77. The summed E-state index contributed by atoms with van der Waals surface area (Å²) >= 11 is 5.70. The van der Waals surface area contributed by atoms with Crippen molar-refractivity contribution in [2.75, 3.05) is 5.73 Å². The molecule has 0 radical (unpaired) electrons. The van der Waals surface area contributed by atoms with Crippen LogP contribution in [-0.4, -0.2) is 8.42 Å². The number of halogens is 4. The normalized spacial score (nSPS) is 12.4. The molecule has 0 aliphatic rings. The summed E-state index contributed by atoms with van der Waals surface area (Å²) in [7, 11) is -4.10. The molecule has 3 nitrogen and oxygen atoms in total. The third-order valence-corrected chi connectivity index (χ3v) is 4.73. The van der Waals surface area contributed by atoms with Crippen molar-refractivity contribution < 1.29 is 21.6 Å². The largest absolute Gasteiger partial charge is 0.418 e. The summed E-state index contributed by atoms with van der Waals surface area (Å²) in [6, 6.07) is 7.75. The van der Waals surface area contributed by atoms with Crippen LogP contribution in [0.25, 0.3) is 0 Å². The third-order valence-electron chi connectivity index (χ3n) is 2.75. The summed E-state index contributed by atoms with van der Waals surface area (Å²) in [5, 5.41) is 0.169. The number of rotatable bonds is 2. The molecule has 0 atom stereocenters. The zero-order valence-corrected chi connectivity index (χ0v) is 11.9. The van der Waals surface area contributed by atoms with Crippen LogP contribution in [0.2, 0.25) is 5.02 Å². The van der Waals surface area contributed by atoms with Crippen LogP contribution in [0.1, 0.15) is 5.56 Å². The molecule has 21 heavy (non-hydrogen) atoms. The van der Waals surface area contributed by atoms with Crippen molar-refractivity contribution in [1.82, 2.24) is 0 Å². The van der Waals surface area contributed by atoms with E-state index >= 15 is 0 Å². The van der Waals surface area contributed by atoms with Crippen LogP contribution < -0.4 is 5.73 Å². The van der Waals surface area contributed by atoms with Gasteiger partial charge >= 0.3 is 6.18 Å². The van der Waals surface area contributed by atoms with E-state index in [2.05, 4.69) is 0 Å². The average molecular weight is 336 g/mol. The first kappa shape index (κ1) is 15.7. The fourth-order valence-corrected chi connectivity index (χ4v) is 3.31. The second-order valence-electron chi connectivity index (χ2n) is 4.21. The SMILES string of the molecule is Nc1ccc(S(=O)(=O)c2cccc(Cl)c2)cc1C(F)(F)F. The van der Waals surface area contributed by atoms with Gasteiger partial charge in [0.05, 0.1) is 15.4 Å². The summed E-state index contributed by atoms with van der Waals surface area (Å²) in [5.74, 6) is 0. The molecular formula is C13H9ClF3NO2S. The third kappa shape index (κ3) is 3.14. The van der Waals surface area contributed by atoms with Crippen molar-refractivity contribution in [2.24, 2.45) is 0 Å². The minimum Gasteiger partial charge on any atom is -0.398 e. The molecule has 0 bridgehead atoms. The van der Waals surface area contributed by atoms with Crippen molar-refractivity contribution in [3.05, 3.63) is 53.1 Å². The smallest absolute Gasteiger partial charge is 0.398 e. The number of nitrogen functional groups attached to an aromatic ring is 1. The molecule has 0 saturated heterocycles. The van der Waals surface area contributed by atoms with Gasteiger partial charge in [-0.1, -0.05) is 17.7 Å². The van der Waals surface area contributed by atoms with Crippen LogP contribution in [0.15, 0.2) is 52.3 Å². The number of hydrogen-bond acceptors (Lipinski definition) is 3. The van der Waals surface area contributed by atoms with Gasteiger partial charge in [0, 0.05) is 10.7 Å². The molecule has 8 heteroatoms. The number of sulfone groups is 1. The maximum absolute atomic E-state index is 12.8. The van der Waals surface area contributed by atoms with E-state index in [0.29, 0.717) is 6.07 Å². The van der Waals surface area contributed by atoms with Gasteiger partial charge < -0.3 is 5.73 Å². The number of benzene rings is 2. The monoisotopic (exact) mass is 335 g/mol. The summed E-state index contributed by atoms with van der Waals surface area (Å²) in [6.45, 7) is 0. The Morgan fingerprint density at radius 2 is 1.62 bits per heavy atom. The van der Waals surface area contributed by atoms with E-state index < -0.39 is 32.2 Å². The van der Waals surface area contributed by atoms with Gasteiger partial charge in [-0.15, -0.1) is 0 Å². The Hall–Kier alpha value is -1.73. The molecule has 0 saturated carbocycles. The zero-order valence-electron chi connectivity index (χ0n) is 10.4. The van der Waals surface area contributed by atoms with E-state index in [0.717, 1.165) is 12.1 Å². The van der Waals surface area contributed by atoms with Crippen LogP contribution in [0, 0.1) is 0 Å². The molecule has 0 aliphatic heterocycles. The zero-order chi connectivity index (χ0) is 15.8. The Morgan fingerprint density at radius 3 is 2.19 bits per heavy atom. The molecule has 0 spiro atoms. The van der Waals surface area contributed by atoms with Gasteiger partial charge in [-0.25, -0.2) is 8.42 Å². The van der Waals surface area contributed by atoms with Crippen molar-refractivity contribution >= 4 is 27.1 Å². The highest BCUT2D eigenvalue weighted by molar-refractivity contribution is 7.91. The Balaban J connectivity index is 2.61. The van der Waals surface area contributed by atoms with E-state index in [9.17, 15) is 21.6 Å². The molecule has 2 rings (SSSR count). The van der Waals surface area contributed by atoms with Gasteiger partial charge in [-0.3, -0.25) is 0 Å². The minimum absolute atomic E-state index is 0.169. The fourth-order valence-electron chi connectivity index (χ4n) is 1.72. The highest BCUT2D eigenvalue weighted by Crippen LogP contribution is 2.36. The first-order chi connectivity index (χ1) is 9.62. The van der Waals surface area contributed by atoms with Gasteiger partial charge in [0.15, 0.2) is 0 Å². The van der Waals surface area contributed by atoms with Crippen LogP contribution in [0.4, 0.5) is 18.9 Å². The van der Waals surface area contributed by atoms with E-state index in [1.807, 2.05) is 0 Å². The van der Waals surface area contributed by atoms with Crippen LogP contribution in [-0.2, 0) is 16.0 Å². The van der Waals surface area contributed by atoms with Gasteiger partial charge in [0.1, 0.15) is 0 Å². The Morgan fingerprint density at radius 1 is 1.00 bits per heavy atom. The lowest BCUT2D eigenvalue weighted by atomic mass is 10.2. The quantitative estimate of drug-likeness (QED) is 0.850. The molecule has 0 fully saturated rings. The molecule has 2 aromatic carbocycles. The van der Waals surface area contributed by atoms with Crippen molar-refractivity contribution in [3.63, 3.8) is 0 Å². The van der Waals surface area contributed by atoms with Crippen molar-refractivity contribution in [2.45, 2.75) is 16.0 Å². The van der Waals surface area contributed by atoms with Crippen molar-refractivity contribution in [3.8, 4) is 0 Å². The lowest BCUT2D eigenvalue weighted by molar-refractivity contribution is -0.137. The standard InChI is InChI=1S/C13H9ClF3NO2S/c14-8-2-1-3-9(6-8)21(19,20)10-4-5-12(18)11(7-10)13(15,16)17/h1-7H,18H2. The molecule has 0 heterocycles. The Kier molecular flexibility index (Phi) is 3.90. The summed E-state index contributed by atoms with van der Waals surface area (Å²) < 4.78 is 63.0. The highest BCUT2D eigenvalue weighted by atomic mass is 35.5. The number of nitrogens with two attached hydrogens (primary N) is 1. The van der Waals surface area contributed by atoms with E-state index in [1.54, 1.807) is 0 Å². The molecule has 0 aliphatic carbocycles. The minimum atomic E-state index is -4.73. The fraction of sp³-hybridized carbons (Fsp3) is 0.0769. The molecular weight excluding hydrogens is 327 g/mol. The molecule has 0 unspecified atom stereocenters. The van der Waals surface area contributed by atoms with Gasteiger partial charge in [-0.05, 0) is 36.4 Å². The first-order valence-electron chi connectivity index (χ1n) is 5.60. The topological polar surface area (TPSA) is 60.2 Å². The second kappa shape index (κ2) is 5.23. The lowest BCUT2D eigenvalue weighted by Gasteiger charge is -2.12. The molecule has 2 N–H and O–H groups in total. The number of anilines is 1. The van der Waals surface area contributed by atoms with E-state index in [-0.39, 0.29) is 9.92 Å². The van der Waals surface area contributed by atoms with E-state index in [4.69, 9.17) is 17.3 Å². The van der Waals surface area contributed by atoms with Crippen LogP contribution in [0.3, 0.4) is 0 Å². The van der Waals surface area contributed by atoms with Crippen molar-refractivity contribution in [1.29, 1.82) is 0 Å². The summed E-state index contributed by atoms with van der Waals surface area (Å²) in [6.07, 6.45) is -4.73. The average Bonchev–Trinajstić information content (AvgIpc) is 2.37. The molecule has 112 valence electrons. The van der Waals surface area contributed by atoms with Gasteiger partial charge in [0.25, 0.3) is 0 Å². The van der Waals surface area contributed by atoms with Gasteiger partial charge in [0.2, 0.25) is 9.84 Å². The van der Waals surface area contributed by atoms with E-state index in [1.165, 1.54) is 24.3 Å². The summed E-state index contributed by atoms with van der Waals surface area (Å²) in [4.78, 5) is -0.681. The number of alkyl halides is 3. The lowest BCUT2D eigenvalue weighted by Crippen LogP contribution is -2.11. The summed E-state index contributed by atoms with van der Waals surface area (Å²) in [5.41, 5.74) is 3.52. The van der Waals surface area contributed by atoms with Gasteiger partial charge in [-0.2, -0.15) is 13.2 Å². The predicted molar refractivity (Wildman–Crippen MR) is 72.8 cm³/mol.